The maximum Gasteiger partial charge on any atom is 0.573 e. The van der Waals surface area contributed by atoms with E-state index in [-0.39, 0.29) is 24.3 Å². The number of nitrogens with zero attached hydrogens (tertiary/aromatic N) is 2. The lowest BCUT2D eigenvalue weighted by molar-refractivity contribution is -0.274. The fourth-order valence-electron chi connectivity index (χ4n) is 4.06. The molecule has 0 radical (unpaired) electrons. The Bertz CT molecular complexity index is 1310. The van der Waals surface area contributed by atoms with Crippen LogP contribution in [0, 0.1) is 0 Å². The van der Waals surface area contributed by atoms with Crippen LogP contribution in [0.5, 0.6) is 11.6 Å². The summed E-state index contributed by atoms with van der Waals surface area (Å²) in [7, 11) is 0. The summed E-state index contributed by atoms with van der Waals surface area (Å²) in [6.45, 7) is 6.63. The van der Waals surface area contributed by atoms with Crippen molar-refractivity contribution in [3.63, 3.8) is 0 Å². The van der Waals surface area contributed by atoms with Gasteiger partial charge in [-0.25, -0.2) is 4.79 Å². The van der Waals surface area contributed by atoms with E-state index in [0.29, 0.717) is 35.5 Å². The van der Waals surface area contributed by atoms with Crippen molar-refractivity contribution in [1.29, 1.82) is 0 Å². The quantitative estimate of drug-likeness (QED) is 0.402. The Balaban J connectivity index is 1.52. The summed E-state index contributed by atoms with van der Waals surface area (Å²) in [5.41, 5.74) is 2.04. The molecular formula is C26H26ClF3N2O4. The molecule has 6 nitrogen and oxygen atoms in total. The molecule has 3 aromatic rings. The monoisotopic (exact) mass is 522 g/mol. The van der Waals surface area contributed by atoms with E-state index >= 15 is 0 Å². The maximum absolute atomic E-state index is 12.4. The Morgan fingerprint density at radius 1 is 1.14 bits per heavy atom. The van der Waals surface area contributed by atoms with E-state index in [1.807, 2.05) is 32.9 Å². The molecule has 0 atom stereocenters. The molecule has 1 aromatic heterocycles. The molecule has 1 N–H and O–H groups in total. The van der Waals surface area contributed by atoms with Crippen molar-refractivity contribution >= 4 is 34.0 Å². The molecule has 1 aliphatic heterocycles. The van der Waals surface area contributed by atoms with Crippen LogP contribution in [-0.4, -0.2) is 45.7 Å². The highest BCUT2D eigenvalue weighted by molar-refractivity contribution is 6.36. The van der Waals surface area contributed by atoms with Gasteiger partial charge in [0, 0.05) is 24.7 Å². The van der Waals surface area contributed by atoms with Crippen LogP contribution >= 0.6 is 11.6 Å². The molecule has 0 saturated heterocycles. The van der Waals surface area contributed by atoms with E-state index in [1.54, 1.807) is 21.7 Å². The van der Waals surface area contributed by atoms with Gasteiger partial charge in [0.1, 0.15) is 11.4 Å². The van der Waals surface area contributed by atoms with Gasteiger partial charge in [0.15, 0.2) is 0 Å². The number of carbonyl (C=O) groups excluding carboxylic acids is 1. The van der Waals surface area contributed by atoms with Crippen molar-refractivity contribution in [2.45, 2.75) is 45.7 Å². The van der Waals surface area contributed by atoms with Gasteiger partial charge in [0.25, 0.3) is 0 Å². The molecule has 0 aliphatic carbocycles. The number of amides is 1. The number of hydrogen-bond donors (Lipinski definition) is 1. The number of rotatable bonds is 4. The van der Waals surface area contributed by atoms with Gasteiger partial charge in [-0.15, -0.1) is 13.2 Å². The molecule has 0 saturated carbocycles. The molecule has 2 aromatic carbocycles. The second-order valence-electron chi connectivity index (χ2n) is 9.60. The first-order chi connectivity index (χ1) is 16.8. The maximum atomic E-state index is 12.4. The Morgan fingerprint density at radius 2 is 1.83 bits per heavy atom. The summed E-state index contributed by atoms with van der Waals surface area (Å²) < 4.78 is 48.1. The van der Waals surface area contributed by atoms with Gasteiger partial charge in [0.2, 0.25) is 5.88 Å². The molecule has 0 spiro atoms. The van der Waals surface area contributed by atoms with E-state index in [4.69, 9.17) is 16.3 Å². The van der Waals surface area contributed by atoms with Gasteiger partial charge < -0.3 is 24.0 Å². The highest BCUT2D eigenvalue weighted by Crippen LogP contribution is 2.37. The van der Waals surface area contributed by atoms with Crippen molar-refractivity contribution in [1.82, 2.24) is 9.47 Å². The van der Waals surface area contributed by atoms with Crippen LogP contribution in [-0.2, 0) is 11.3 Å². The molecule has 4 rings (SSSR count). The molecule has 1 aliphatic rings. The normalized spacial score (nSPS) is 14.6. The first-order valence-electron chi connectivity index (χ1n) is 11.3. The summed E-state index contributed by atoms with van der Waals surface area (Å²) in [4.78, 5) is 14.0. The van der Waals surface area contributed by atoms with Crippen LogP contribution in [0.15, 0.2) is 48.7 Å². The minimum Gasteiger partial charge on any atom is -0.494 e. The lowest BCUT2D eigenvalue weighted by Crippen LogP contribution is -2.39. The van der Waals surface area contributed by atoms with E-state index < -0.39 is 12.0 Å². The summed E-state index contributed by atoms with van der Waals surface area (Å²) in [6.07, 6.45) is -0.775. The number of ether oxygens (including phenoxy) is 2. The summed E-state index contributed by atoms with van der Waals surface area (Å²) >= 11 is 6.53. The number of aromatic nitrogens is 1. The smallest absolute Gasteiger partial charge is 0.494 e. The predicted octanol–water partition coefficient (Wildman–Crippen LogP) is 6.97. The largest absolute Gasteiger partial charge is 0.573 e. The zero-order valence-corrected chi connectivity index (χ0v) is 20.8. The van der Waals surface area contributed by atoms with Gasteiger partial charge >= 0.3 is 12.5 Å². The molecule has 192 valence electrons. The molecule has 0 unspecified atom stereocenters. The number of halogens is 4. The molecule has 1 amide bonds. The topological polar surface area (TPSA) is 63.9 Å². The third-order valence-electron chi connectivity index (χ3n) is 5.65. The molecule has 0 bridgehead atoms. The molecule has 0 fully saturated rings. The van der Waals surface area contributed by atoms with E-state index in [9.17, 15) is 23.1 Å². The van der Waals surface area contributed by atoms with E-state index in [2.05, 4.69) is 4.74 Å². The number of fused-ring (bicyclic) bond motifs is 1. The Labute approximate surface area is 211 Å². The van der Waals surface area contributed by atoms with Crippen LogP contribution in [0.2, 0.25) is 5.02 Å². The average molecular weight is 523 g/mol. The number of hydrogen-bond acceptors (Lipinski definition) is 4. The first kappa shape index (κ1) is 25.8. The molecular weight excluding hydrogens is 497 g/mol. The highest BCUT2D eigenvalue weighted by Gasteiger charge is 2.31. The summed E-state index contributed by atoms with van der Waals surface area (Å²) in [6, 6.07) is 9.16. The standard InChI is InChI=1S/C26H26ClF3N2O4/c1-25(2,3)36-24(34)31-10-8-17(9-11-31)18-12-19-15-32(23(33)22(19)21(27)13-18)14-16-4-6-20(7-5-16)35-26(28,29)30/h4-8,12-13,15,33H,9-11,14H2,1-3H3. The van der Waals surface area contributed by atoms with Crippen molar-refractivity contribution in [2.75, 3.05) is 13.1 Å². The van der Waals surface area contributed by atoms with Crippen LogP contribution in [0.4, 0.5) is 18.0 Å². The Morgan fingerprint density at radius 3 is 2.42 bits per heavy atom. The number of alkyl halides is 3. The molecule has 10 heteroatoms. The molecule has 2 heterocycles. The number of carbonyl (C=O) groups is 1. The van der Waals surface area contributed by atoms with Gasteiger partial charge in [0.05, 0.1) is 17.0 Å². The summed E-state index contributed by atoms with van der Waals surface area (Å²) in [5.74, 6) is -0.349. The van der Waals surface area contributed by atoms with Crippen molar-refractivity contribution < 1.29 is 32.5 Å². The van der Waals surface area contributed by atoms with Crippen molar-refractivity contribution in [3.8, 4) is 11.6 Å². The van der Waals surface area contributed by atoms with Crippen molar-refractivity contribution in [2.24, 2.45) is 0 Å². The lowest BCUT2D eigenvalue weighted by Gasteiger charge is -2.29. The fourth-order valence-corrected chi connectivity index (χ4v) is 4.37. The van der Waals surface area contributed by atoms with Crippen LogP contribution in [0.3, 0.4) is 0 Å². The van der Waals surface area contributed by atoms with Crippen LogP contribution in [0.1, 0.15) is 38.3 Å². The zero-order chi connectivity index (χ0) is 26.3. The van der Waals surface area contributed by atoms with Crippen molar-refractivity contribution in [3.05, 3.63) is 64.8 Å². The Hall–Kier alpha value is -3.33. The minimum absolute atomic E-state index is 0.0362. The Kier molecular flexibility index (Phi) is 6.88. The third kappa shape index (κ3) is 6.07. The van der Waals surface area contributed by atoms with Gasteiger partial charge in [-0.3, -0.25) is 0 Å². The van der Waals surface area contributed by atoms with Crippen LogP contribution < -0.4 is 4.74 Å². The fraction of sp³-hybridized carbons (Fsp3) is 0.346. The SMILES string of the molecule is CC(C)(C)OC(=O)N1CC=C(c2cc(Cl)c3c(O)n(Cc4ccc(OC(F)(F)F)cc4)cc3c2)CC1. The number of aromatic hydroxyl groups is 1. The minimum atomic E-state index is -4.76. The summed E-state index contributed by atoms with van der Waals surface area (Å²) in [5, 5.41) is 12.4. The van der Waals surface area contributed by atoms with Gasteiger partial charge in [-0.1, -0.05) is 29.8 Å². The predicted molar refractivity (Wildman–Crippen MR) is 131 cm³/mol. The lowest BCUT2D eigenvalue weighted by atomic mass is 9.98. The first-order valence-corrected chi connectivity index (χ1v) is 11.7. The van der Waals surface area contributed by atoms with E-state index in [1.165, 1.54) is 24.3 Å². The average Bonchev–Trinajstić information content (AvgIpc) is 3.08. The van der Waals surface area contributed by atoms with Gasteiger partial charge in [-0.2, -0.15) is 0 Å². The highest BCUT2D eigenvalue weighted by atomic mass is 35.5. The second kappa shape index (κ2) is 9.61. The third-order valence-corrected chi connectivity index (χ3v) is 5.95. The van der Waals surface area contributed by atoms with Crippen LogP contribution in [0.25, 0.3) is 16.3 Å². The zero-order valence-electron chi connectivity index (χ0n) is 20.0. The van der Waals surface area contributed by atoms with E-state index in [0.717, 1.165) is 16.5 Å². The second-order valence-corrected chi connectivity index (χ2v) is 10.0. The van der Waals surface area contributed by atoms with Gasteiger partial charge in [-0.05, 0) is 68.2 Å². The number of benzene rings is 2. The molecule has 36 heavy (non-hydrogen) atoms.